The topological polar surface area (TPSA) is 15.3 Å². The maximum Gasteiger partial charge on any atom is 0.0218 e. The molecule has 1 aliphatic heterocycles. The van der Waals surface area contributed by atoms with Crippen molar-refractivity contribution in [2.75, 3.05) is 19.6 Å². The van der Waals surface area contributed by atoms with Gasteiger partial charge in [0, 0.05) is 31.7 Å². The van der Waals surface area contributed by atoms with Crippen molar-refractivity contribution in [3.8, 4) is 0 Å². The van der Waals surface area contributed by atoms with Gasteiger partial charge in [0.1, 0.15) is 0 Å². The Morgan fingerprint density at radius 3 is 2.50 bits per heavy atom. The third-order valence-corrected chi connectivity index (χ3v) is 4.71. The van der Waals surface area contributed by atoms with E-state index in [1.54, 1.807) is 0 Å². The maximum atomic E-state index is 3.67. The highest BCUT2D eigenvalue weighted by Gasteiger charge is 2.46. The molecule has 1 saturated heterocycles. The van der Waals surface area contributed by atoms with Crippen LogP contribution in [0.4, 0.5) is 0 Å². The molecule has 2 rings (SSSR count). The van der Waals surface area contributed by atoms with E-state index < -0.39 is 0 Å². The van der Waals surface area contributed by atoms with Crippen molar-refractivity contribution in [3.05, 3.63) is 0 Å². The normalized spacial score (nSPS) is 39.0. The largest absolute Gasteiger partial charge is 0.311 e. The molecule has 1 saturated carbocycles. The van der Waals surface area contributed by atoms with Gasteiger partial charge in [-0.1, -0.05) is 27.7 Å². The second-order valence-corrected chi connectivity index (χ2v) is 6.95. The van der Waals surface area contributed by atoms with Gasteiger partial charge < -0.3 is 5.32 Å². The Hall–Kier alpha value is -0.0800. The third kappa shape index (κ3) is 2.60. The summed E-state index contributed by atoms with van der Waals surface area (Å²) in [5, 5.41) is 3.67. The van der Waals surface area contributed by atoms with Gasteiger partial charge in [-0.15, -0.1) is 0 Å². The fraction of sp³-hybridized carbons (Fsp3) is 1.00. The van der Waals surface area contributed by atoms with E-state index in [-0.39, 0.29) is 0 Å². The highest BCUT2D eigenvalue weighted by Crippen LogP contribution is 2.52. The molecule has 0 bridgehead atoms. The summed E-state index contributed by atoms with van der Waals surface area (Å²) in [5.41, 5.74) is 0.623. The van der Waals surface area contributed by atoms with Crippen molar-refractivity contribution in [2.45, 2.75) is 53.1 Å². The quantitative estimate of drug-likeness (QED) is 0.791. The molecule has 1 aliphatic carbocycles. The summed E-state index contributed by atoms with van der Waals surface area (Å²) < 4.78 is 0. The lowest BCUT2D eigenvalue weighted by Gasteiger charge is -2.40. The van der Waals surface area contributed by atoms with Crippen LogP contribution in [0.2, 0.25) is 0 Å². The number of rotatable bonds is 3. The van der Waals surface area contributed by atoms with Crippen LogP contribution in [-0.2, 0) is 0 Å². The van der Waals surface area contributed by atoms with Crippen molar-refractivity contribution in [3.63, 3.8) is 0 Å². The number of hydrogen-bond acceptors (Lipinski definition) is 2. The first-order chi connectivity index (χ1) is 7.40. The molecule has 0 aromatic rings. The first-order valence-electron chi connectivity index (χ1n) is 6.87. The van der Waals surface area contributed by atoms with Gasteiger partial charge >= 0.3 is 0 Å². The molecule has 0 amide bonds. The van der Waals surface area contributed by atoms with Crippen LogP contribution in [0.5, 0.6) is 0 Å². The minimum Gasteiger partial charge on any atom is -0.311 e. The Morgan fingerprint density at radius 1 is 1.38 bits per heavy atom. The Morgan fingerprint density at radius 2 is 2.00 bits per heavy atom. The zero-order chi connectivity index (χ0) is 11.9. The average Bonchev–Trinajstić information content (AvgIpc) is 2.77. The average molecular weight is 224 g/mol. The van der Waals surface area contributed by atoms with Crippen molar-refractivity contribution in [1.29, 1.82) is 0 Å². The molecule has 2 nitrogen and oxygen atoms in total. The summed E-state index contributed by atoms with van der Waals surface area (Å²) in [4.78, 5) is 2.71. The number of piperazine rings is 1. The second kappa shape index (κ2) is 4.30. The first kappa shape index (κ1) is 12.4. The van der Waals surface area contributed by atoms with E-state index in [2.05, 4.69) is 44.8 Å². The monoisotopic (exact) mass is 224 g/mol. The standard InChI is InChI=1S/C14H28N2/c1-10(2)13-9-16(11(3)7-15-13)8-12-6-14(12,4)5/h10-13,15H,6-9H2,1-5H3. The van der Waals surface area contributed by atoms with E-state index in [1.165, 1.54) is 19.5 Å². The van der Waals surface area contributed by atoms with Gasteiger partial charge in [-0.3, -0.25) is 4.90 Å². The lowest BCUT2D eigenvalue weighted by molar-refractivity contribution is 0.114. The maximum absolute atomic E-state index is 3.67. The summed E-state index contributed by atoms with van der Waals surface area (Å²) in [5.74, 6) is 1.70. The lowest BCUT2D eigenvalue weighted by Crippen LogP contribution is -2.57. The minimum atomic E-state index is 0.623. The molecule has 2 aliphatic rings. The molecule has 94 valence electrons. The number of hydrogen-bond donors (Lipinski definition) is 1. The molecule has 0 radical (unpaired) electrons. The molecule has 0 spiro atoms. The van der Waals surface area contributed by atoms with Crippen LogP contribution in [0.25, 0.3) is 0 Å². The second-order valence-electron chi connectivity index (χ2n) is 6.95. The number of nitrogens with zero attached hydrogens (tertiary/aromatic N) is 1. The highest BCUT2D eigenvalue weighted by molar-refractivity contribution is 4.98. The van der Waals surface area contributed by atoms with E-state index in [0.29, 0.717) is 17.5 Å². The van der Waals surface area contributed by atoms with E-state index in [0.717, 1.165) is 18.4 Å². The van der Waals surface area contributed by atoms with Crippen LogP contribution in [0.1, 0.15) is 41.0 Å². The van der Waals surface area contributed by atoms with Crippen LogP contribution in [-0.4, -0.2) is 36.6 Å². The molecule has 3 unspecified atom stereocenters. The third-order valence-electron chi connectivity index (χ3n) is 4.71. The summed E-state index contributed by atoms with van der Waals surface area (Å²) in [7, 11) is 0. The van der Waals surface area contributed by atoms with Gasteiger partial charge in [-0.05, 0) is 30.6 Å². The Balaban J connectivity index is 1.87. The van der Waals surface area contributed by atoms with Crippen molar-refractivity contribution in [2.24, 2.45) is 17.3 Å². The van der Waals surface area contributed by atoms with Crippen molar-refractivity contribution < 1.29 is 0 Å². The minimum absolute atomic E-state index is 0.623. The predicted octanol–water partition coefficient (Wildman–Crippen LogP) is 2.35. The van der Waals surface area contributed by atoms with Crippen LogP contribution in [0, 0.1) is 17.3 Å². The number of nitrogens with one attached hydrogen (secondary N) is 1. The van der Waals surface area contributed by atoms with Crippen LogP contribution < -0.4 is 5.32 Å². The lowest BCUT2D eigenvalue weighted by atomic mass is 9.99. The molecule has 2 heteroatoms. The van der Waals surface area contributed by atoms with Crippen LogP contribution in [0.3, 0.4) is 0 Å². The predicted molar refractivity (Wildman–Crippen MR) is 69.6 cm³/mol. The van der Waals surface area contributed by atoms with Crippen LogP contribution >= 0.6 is 0 Å². The molecule has 0 aromatic carbocycles. The van der Waals surface area contributed by atoms with Crippen LogP contribution in [0.15, 0.2) is 0 Å². The highest BCUT2D eigenvalue weighted by atomic mass is 15.2. The van der Waals surface area contributed by atoms with E-state index in [1.807, 2.05) is 0 Å². The Kier molecular flexibility index (Phi) is 3.33. The fourth-order valence-electron chi connectivity index (χ4n) is 2.82. The summed E-state index contributed by atoms with van der Waals surface area (Å²) in [6.45, 7) is 15.5. The van der Waals surface area contributed by atoms with Gasteiger partial charge in [0.05, 0.1) is 0 Å². The SMILES string of the molecule is CC(C)C1CN(CC2CC2(C)C)C(C)CN1. The summed E-state index contributed by atoms with van der Waals surface area (Å²) in [6.07, 6.45) is 1.43. The summed E-state index contributed by atoms with van der Waals surface area (Å²) >= 11 is 0. The first-order valence-corrected chi connectivity index (χ1v) is 6.87. The zero-order valence-corrected chi connectivity index (χ0v) is 11.6. The van der Waals surface area contributed by atoms with Gasteiger partial charge in [0.2, 0.25) is 0 Å². The van der Waals surface area contributed by atoms with Gasteiger partial charge in [0.25, 0.3) is 0 Å². The van der Waals surface area contributed by atoms with E-state index >= 15 is 0 Å². The molecule has 16 heavy (non-hydrogen) atoms. The van der Waals surface area contributed by atoms with Crippen molar-refractivity contribution >= 4 is 0 Å². The molecular formula is C14H28N2. The molecular weight excluding hydrogens is 196 g/mol. The zero-order valence-electron chi connectivity index (χ0n) is 11.6. The molecule has 3 atom stereocenters. The Labute approximate surface area is 101 Å². The molecule has 1 heterocycles. The molecule has 2 fully saturated rings. The van der Waals surface area contributed by atoms with Crippen molar-refractivity contribution in [1.82, 2.24) is 10.2 Å². The fourth-order valence-corrected chi connectivity index (χ4v) is 2.82. The van der Waals surface area contributed by atoms with Gasteiger partial charge in [0.15, 0.2) is 0 Å². The Bertz CT molecular complexity index is 245. The van der Waals surface area contributed by atoms with E-state index in [4.69, 9.17) is 0 Å². The molecule has 1 N–H and O–H groups in total. The summed E-state index contributed by atoms with van der Waals surface area (Å²) in [6, 6.07) is 1.41. The smallest absolute Gasteiger partial charge is 0.0218 e. The van der Waals surface area contributed by atoms with Gasteiger partial charge in [-0.2, -0.15) is 0 Å². The van der Waals surface area contributed by atoms with E-state index in [9.17, 15) is 0 Å². The van der Waals surface area contributed by atoms with Gasteiger partial charge in [-0.25, -0.2) is 0 Å². The molecule has 0 aromatic heterocycles.